The van der Waals surface area contributed by atoms with Crippen LogP contribution in [0.5, 0.6) is 0 Å². The van der Waals surface area contributed by atoms with E-state index in [-0.39, 0.29) is 0 Å². The second-order valence-corrected chi connectivity index (χ2v) is 4.67. The van der Waals surface area contributed by atoms with Crippen molar-refractivity contribution in [2.24, 2.45) is 0 Å². The van der Waals surface area contributed by atoms with E-state index in [2.05, 4.69) is 20.3 Å². The summed E-state index contributed by atoms with van der Waals surface area (Å²) in [6.45, 7) is 0.871. The molecule has 0 aliphatic heterocycles. The van der Waals surface area contributed by atoms with Crippen LogP contribution >= 0.6 is 0 Å². The van der Waals surface area contributed by atoms with Gasteiger partial charge >= 0.3 is 0 Å². The lowest BCUT2D eigenvalue weighted by Gasteiger charge is -2.10. The molecule has 3 rings (SSSR count). The van der Waals surface area contributed by atoms with Gasteiger partial charge in [-0.25, -0.2) is 4.98 Å². The maximum atomic E-state index is 5.96. The highest BCUT2D eigenvalue weighted by Crippen LogP contribution is 2.26. The van der Waals surface area contributed by atoms with Gasteiger partial charge in [-0.3, -0.25) is 4.98 Å². The Balaban J connectivity index is 1.67. The molecule has 0 aliphatic rings. The standard InChI is InChI=1S/C15H17N5/c16-12-5-6-13(15-11(12)3-1-8-20-15)17-7-2-4-14-18-9-10-19-14/h1,3,5-6,8-10,17H,2,4,7,16H2,(H,18,19). The van der Waals surface area contributed by atoms with E-state index in [0.29, 0.717) is 0 Å². The number of hydrogen-bond acceptors (Lipinski definition) is 4. The molecule has 0 unspecified atom stereocenters. The van der Waals surface area contributed by atoms with Gasteiger partial charge in [-0.05, 0) is 30.7 Å². The van der Waals surface area contributed by atoms with Crippen LogP contribution < -0.4 is 11.1 Å². The van der Waals surface area contributed by atoms with E-state index in [1.54, 1.807) is 12.4 Å². The lowest BCUT2D eigenvalue weighted by Crippen LogP contribution is -2.05. The minimum absolute atomic E-state index is 0.759. The van der Waals surface area contributed by atoms with Gasteiger partial charge in [-0.15, -0.1) is 0 Å². The van der Waals surface area contributed by atoms with Crippen LogP contribution in [0.2, 0.25) is 0 Å². The summed E-state index contributed by atoms with van der Waals surface area (Å²) in [5.41, 5.74) is 8.67. The number of anilines is 2. The van der Waals surface area contributed by atoms with Crippen LogP contribution in [0.15, 0.2) is 42.9 Å². The molecule has 3 aromatic rings. The summed E-state index contributed by atoms with van der Waals surface area (Å²) in [6, 6.07) is 7.79. The average Bonchev–Trinajstić information content (AvgIpc) is 2.99. The third kappa shape index (κ3) is 2.56. The summed E-state index contributed by atoms with van der Waals surface area (Å²) >= 11 is 0. The summed E-state index contributed by atoms with van der Waals surface area (Å²) in [7, 11) is 0. The molecule has 2 heterocycles. The Kier molecular flexibility index (Phi) is 3.50. The normalized spacial score (nSPS) is 10.8. The maximum absolute atomic E-state index is 5.96. The van der Waals surface area contributed by atoms with Gasteiger partial charge in [0, 0.05) is 42.6 Å². The Bertz CT molecular complexity index is 691. The zero-order valence-electron chi connectivity index (χ0n) is 11.1. The van der Waals surface area contributed by atoms with Crippen molar-refractivity contribution in [3.05, 3.63) is 48.7 Å². The Morgan fingerprint density at radius 2 is 2.10 bits per heavy atom. The molecule has 2 aromatic heterocycles. The van der Waals surface area contributed by atoms with Crippen molar-refractivity contribution in [2.45, 2.75) is 12.8 Å². The highest BCUT2D eigenvalue weighted by Gasteiger charge is 2.04. The number of aromatic amines is 1. The van der Waals surface area contributed by atoms with Gasteiger partial charge in [0.05, 0.1) is 11.2 Å². The summed E-state index contributed by atoms with van der Waals surface area (Å²) in [5.74, 6) is 1.02. The van der Waals surface area contributed by atoms with Gasteiger partial charge in [0.15, 0.2) is 0 Å². The highest BCUT2D eigenvalue weighted by atomic mass is 14.9. The molecule has 0 radical (unpaired) electrons. The SMILES string of the molecule is Nc1ccc(NCCCc2ncc[nH]2)c2ncccc12. The molecule has 5 heteroatoms. The first kappa shape index (κ1) is 12.5. The molecule has 20 heavy (non-hydrogen) atoms. The van der Waals surface area contributed by atoms with E-state index >= 15 is 0 Å². The molecule has 1 aromatic carbocycles. The molecule has 0 amide bonds. The van der Waals surface area contributed by atoms with Crippen molar-refractivity contribution in [1.82, 2.24) is 15.0 Å². The third-order valence-electron chi connectivity index (χ3n) is 3.26. The van der Waals surface area contributed by atoms with Gasteiger partial charge in [-0.2, -0.15) is 0 Å². The zero-order chi connectivity index (χ0) is 13.8. The predicted molar refractivity (Wildman–Crippen MR) is 81.6 cm³/mol. The topological polar surface area (TPSA) is 79.6 Å². The van der Waals surface area contributed by atoms with E-state index in [9.17, 15) is 0 Å². The van der Waals surface area contributed by atoms with Crippen LogP contribution in [0.25, 0.3) is 10.9 Å². The van der Waals surface area contributed by atoms with Gasteiger partial charge in [0.2, 0.25) is 0 Å². The minimum Gasteiger partial charge on any atom is -0.398 e. The monoisotopic (exact) mass is 267 g/mol. The lowest BCUT2D eigenvalue weighted by atomic mass is 10.1. The molecular weight excluding hydrogens is 250 g/mol. The molecule has 0 atom stereocenters. The molecule has 0 saturated carbocycles. The molecule has 0 bridgehead atoms. The number of hydrogen-bond donors (Lipinski definition) is 3. The number of pyridine rings is 1. The first-order chi connectivity index (χ1) is 9.84. The van der Waals surface area contributed by atoms with Crippen LogP contribution in [0.4, 0.5) is 11.4 Å². The number of nitrogens with one attached hydrogen (secondary N) is 2. The van der Waals surface area contributed by atoms with Crippen LogP contribution in [0.3, 0.4) is 0 Å². The fraction of sp³-hybridized carbons (Fsp3) is 0.200. The number of nitrogens with zero attached hydrogens (tertiary/aromatic N) is 2. The zero-order valence-corrected chi connectivity index (χ0v) is 11.1. The third-order valence-corrected chi connectivity index (χ3v) is 3.26. The number of nitrogen functional groups attached to an aromatic ring is 1. The quantitative estimate of drug-likeness (QED) is 0.490. The van der Waals surface area contributed by atoms with Crippen molar-refractivity contribution in [3.63, 3.8) is 0 Å². The number of aromatic nitrogens is 3. The number of rotatable bonds is 5. The number of benzene rings is 1. The van der Waals surface area contributed by atoms with E-state index < -0.39 is 0 Å². The molecule has 0 fully saturated rings. The number of fused-ring (bicyclic) bond motifs is 1. The van der Waals surface area contributed by atoms with Gasteiger partial charge in [0.1, 0.15) is 5.82 Å². The van der Waals surface area contributed by atoms with Crippen molar-refractivity contribution in [1.29, 1.82) is 0 Å². The van der Waals surface area contributed by atoms with E-state index in [1.807, 2.05) is 30.5 Å². The largest absolute Gasteiger partial charge is 0.398 e. The number of imidazole rings is 1. The smallest absolute Gasteiger partial charge is 0.106 e. The lowest BCUT2D eigenvalue weighted by molar-refractivity contribution is 0.817. The Labute approximate surface area is 117 Å². The first-order valence-corrected chi connectivity index (χ1v) is 6.70. The second-order valence-electron chi connectivity index (χ2n) is 4.67. The minimum atomic E-state index is 0.759. The molecule has 102 valence electrons. The highest BCUT2D eigenvalue weighted by molar-refractivity contribution is 5.98. The number of aryl methyl sites for hydroxylation is 1. The van der Waals surface area contributed by atoms with Gasteiger partial charge < -0.3 is 16.0 Å². The first-order valence-electron chi connectivity index (χ1n) is 6.70. The molecule has 4 N–H and O–H groups in total. The molecule has 0 aliphatic carbocycles. The molecule has 0 spiro atoms. The van der Waals surface area contributed by atoms with Crippen LogP contribution in [-0.4, -0.2) is 21.5 Å². The summed E-state index contributed by atoms with van der Waals surface area (Å²) < 4.78 is 0. The fourth-order valence-electron chi connectivity index (χ4n) is 2.25. The molecule has 5 nitrogen and oxygen atoms in total. The number of nitrogens with two attached hydrogens (primary N) is 1. The van der Waals surface area contributed by atoms with Crippen molar-refractivity contribution < 1.29 is 0 Å². The van der Waals surface area contributed by atoms with Crippen molar-refractivity contribution >= 4 is 22.3 Å². The van der Waals surface area contributed by atoms with Crippen molar-refractivity contribution in [2.75, 3.05) is 17.6 Å². The van der Waals surface area contributed by atoms with Crippen LogP contribution in [-0.2, 0) is 6.42 Å². The Morgan fingerprint density at radius 1 is 1.15 bits per heavy atom. The summed E-state index contributed by atoms with van der Waals surface area (Å²) in [5, 5.41) is 4.41. The summed E-state index contributed by atoms with van der Waals surface area (Å²) in [4.78, 5) is 11.7. The summed E-state index contributed by atoms with van der Waals surface area (Å²) in [6.07, 6.45) is 7.35. The van der Waals surface area contributed by atoms with E-state index in [1.165, 1.54) is 0 Å². The fourth-order valence-corrected chi connectivity index (χ4v) is 2.25. The Hall–Kier alpha value is -2.56. The van der Waals surface area contributed by atoms with E-state index in [0.717, 1.165) is 47.5 Å². The molecular formula is C15H17N5. The van der Waals surface area contributed by atoms with Crippen LogP contribution in [0, 0.1) is 0 Å². The molecule has 0 saturated heterocycles. The maximum Gasteiger partial charge on any atom is 0.106 e. The van der Waals surface area contributed by atoms with Crippen molar-refractivity contribution in [3.8, 4) is 0 Å². The number of H-pyrrole nitrogens is 1. The Morgan fingerprint density at radius 3 is 2.95 bits per heavy atom. The average molecular weight is 267 g/mol. The van der Waals surface area contributed by atoms with Gasteiger partial charge in [0.25, 0.3) is 0 Å². The van der Waals surface area contributed by atoms with E-state index in [4.69, 9.17) is 5.73 Å². The van der Waals surface area contributed by atoms with Crippen LogP contribution in [0.1, 0.15) is 12.2 Å². The van der Waals surface area contributed by atoms with Gasteiger partial charge in [-0.1, -0.05) is 0 Å². The predicted octanol–water partition coefficient (Wildman–Crippen LogP) is 2.58. The second kappa shape index (κ2) is 5.61.